The Labute approximate surface area is 67.8 Å². The van der Waals surface area contributed by atoms with Crippen LogP contribution in [0.5, 0.6) is 0 Å². The molecule has 1 heterocycles. The van der Waals surface area contributed by atoms with E-state index in [0.29, 0.717) is 12.3 Å². The lowest BCUT2D eigenvalue weighted by molar-refractivity contribution is 0.333. The molecule has 0 radical (unpaired) electrons. The zero-order valence-electron chi connectivity index (χ0n) is 6.79. The average molecular weight is 153 g/mol. The quantitative estimate of drug-likeness (QED) is 0.629. The van der Waals surface area contributed by atoms with E-state index in [2.05, 4.69) is 11.0 Å². The molecule has 0 aromatic heterocycles. The maximum absolute atomic E-state index is 8.35. The molecule has 0 bridgehead atoms. The molecule has 3 heteroatoms. The molecule has 1 unspecified atom stereocenters. The molecular formula is C8H15N3. The number of nitrogens with zero attached hydrogens (tertiary/aromatic N) is 2. The standard InChI is InChI=1S/C8H15N3/c9-3-1-4-11-5-2-8(6-10)7-11/h8H,1-2,4-7,10H2. The van der Waals surface area contributed by atoms with Crippen LogP contribution >= 0.6 is 0 Å². The summed E-state index contributed by atoms with van der Waals surface area (Å²) in [4.78, 5) is 2.32. The van der Waals surface area contributed by atoms with Gasteiger partial charge in [-0.2, -0.15) is 5.26 Å². The Balaban J connectivity index is 2.15. The van der Waals surface area contributed by atoms with Crippen molar-refractivity contribution in [3.05, 3.63) is 0 Å². The summed E-state index contributed by atoms with van der Waals surface area (Å²) in [6.45, 7) is 3.94. The first kappa shape index (κ1) is 8.51. The van der Waals surface area contributed by atoms with E-state index in [-0.39, 0.29) is 0 Å². The van der Waals surface area contributed by atoms with Crippen molar-refractivity contribution in [2.75, 3.05) is 26.2 Å². The normalized spacial score (nSPS) is 25.3. The Morgan fingerprint density at radius 1 is 1.64 bits per heavy atom. The number of rotatable bonds is 3. The maximum atomic E-state index is 8.35. The van der Waals surface area contributed by atoms with E-state index in [9.17, 15) is 0 Å². The Hall–Kier alpha value is -0.590. The van der Waals surface area contributed by atoms with Crippen molar-refractivity contribution in [1.82, 2.24) is 4.90 Å². The Kier molecular flexibility index (Phi) is 3.34. The molecule has 0 saturated carbocycles. The summed E-state index contributed by atoms with van der Waals surface area (Å²) in [6, 6.07) is 2.15. The minimum atomic E-state index is 0.650. The summed E-state index contributed by atoms with van der Waals surface area (Å²) in [6.07, 6.45) is 1.86. The summed E-state index contributed by atoms with van der Waals surface area (Å²) in [5.74, 6) is 0.675. The molecule has 0 aromatic rings. The SMILES string of the molecule is N#CCCN1CCC(CN)C1. The number of likely N-dealkylation sites (tertiary alicyclic amines) is 1. The van der Waals surface area contributed by atoms with E-state index in [1.54, 1.807) is 0 Å². The number of hydrogen-bond donors (Lipinski definition) is 1. The lowest BCUT2D eigenvalue weighted by Crippen LogP contribution is -2.23. The zero-order valence-corrected chi connectivity index (χ0v) is 6.79. The van der Waals surface area contributed by atoms with E-state index in [1.165, 1.54) is 6.42 Å². The van der Waals surface area contributed by atoms with Gasteiger partial charge in [0.05, 0.1) is 6.07 Å². The molecule has 1 saturated heterocycles. The topological polar surface area (TPSA) is 53.0 Å². The van der Waals surface area contributed by atoms with Crippen LogP contribution in [0.25, 0.3) is 0 Å². The maximum Gasteiger partial charge on any atom is 0.0635 e. The molecule has 1 aliphatic heterocycles. The van der Waals surface area contributed by atoms with Gasteiger partial charge in [0.2, 0.25) is 0 Å². The van der Waals surface area contributed by atoms with Gasteiger partial charge in [0.1, 0.15) is 0 Å². The summed E-state index contributed by atoms with van der Waals surface area (Å²) in [5.41, 5.74) is 5.53. The zero-order chi connectivity index (χ0) is 8.10. The van der Waals surface area contributed by atoms with E-state index < -0.39 is 0 Å². The van der Waals surface area contributed by atoms with Crippen LogP contribution in [0, 0.1) is 17.2 Å². The highest BCUT2D eigenvalue weighted by atomic mass is 15.1. The van der Waals surface area contributed by atoms with Gasteiger partial charge in [0, 0.05) is 19.5 Å². The van der Waals surface area contributed by atoms with Crippen LogP contribution in [-0.2, 0) is 0 Å². The third-order valence-corrected chi connectivity index (χ3v) is 2.24. The van der Waals surface area contributed by atoms with Gasteiger partial charge in [-0.3, -0.25) is 0 Å². The molecule has 0 spiro atoms. The summed E-state index contributed by atoms with van der Waals surface area (Å²) in [5, 5.41) is 8.35. The van der Waals surface area contributed by atoms with Crippen molar-refractivity contribution in [2.24, 2.45) is 11.7 Å². The van der Waals surface area contributed by atoms with Crippen LogP contribution < -0.4 is 5.73 Å². The van der Waals surface area contributed by atoms with E-state index in [4.69, 9.17) is 11.0 Å². The number of nitrogens with two attached hydrogens (primary N) is 1. The second-order valence-electron chi connectivity index (χ2n) is 3.10. The third-order valence-electron chi connectivity index (χ3n) is 2.24. The first-order chi connectivity index (χ1) is 5.36. The van der Waals surface area contributed by atoms with Crippen molar-refractivity contribution in [1.29, 1.82) is 5.26 Å². The largest absolute Gasteiger partial charge is 0.330 e. The van der Waals surface area contributed by atoms with Crippen molar-refractivity contribution >= 4 is 0 Å². The second-order valence-corrected chi connectivity index (χ2v) is 3.10. The van der Waals surface area contributed by atoms with Crippen LogP contribution in [0.2, 0.25) is 0 Å². The molecular weight excluding hydrogens is 138 g/mol. The fraction of sp³-hybridized carbons (Fsp3) is 0.875. The van der Waals surface area contributed by atoms with Crippen molar-refractivity contribution < 1.29 is 0 Å². The highest BCUT2D eigenvalue weighted by Crippen LogP contribution is 2.14. The lowest BCUT2D eigenvalue weighted by atomic mass is 10.1. The number of hydrogen-bond acceptors (Lipinski definition) is 3. The summed E-state index contributed by atoms with van der Waals surface area (Å²) in [7, 11) is 0. The molecule has 1 atom stereocenters. The minimum absolute atomic E-state index is 0.650. The molecule has 0 amide bonds. The van der Waals surface area contributed by atoms with Crippen LogP contribution in [0.4, 0.5) is 0 Å². The molecule has 2 N–H and O–H groups in total. The minimum Gasteiger partial charge on any atom is -0.330 e. The highest BCUT2D eigenvalue weighted by molar-refractivity contribution is 4.79. The van der Waals surface area contributed by atoms with Gasteiger partial charge in [-0.1, -0.05) is 0 Å². The molecule has 11 heavy (non-hydrogen) atoms. The van der Waals surface area contributed by atoms with Crippen molar-refractivity contribution in [3.63, 3.8) is 0 Å². The lowest BCUT2D eigenvalue weighted by Gasteiger charge is -2.12. The molecule has 3 nitrogen and oxygen atoms in total. The van der Waals surface area contributed by atoms with Crippen molar-refractivity contribution in [3.8, 4) is 6.07 Å². The first-order valence-corrected chi connectivity index (χ1v) is 4.16. The van der Waals surface area contributed by atoms with Gasteiger partial charge in [-0.15, -0.1) is 0 Å². The van der Waals surface area contributed by atoms with Gasteiger partial charge in [0.25, 0.3) is 0 Å². The molecule has 1 fully saturated rings. The van der Waals surface area contributed by atoms with Gasteiger partial charge in [-0.25, -0.2) is 0 Å². The Morgan fingerprint density at radius 3 is 3.00 bits per heavy atom. The fourth-order valence-electron chi connectivity index (χ4n) is 1.52. The van der Waals surface area contributed by atoms with Gasteiger partial charge < -0.3 is 10.6 Å². The van der Waals surface area contributed by atoms with Crippen LogP contribution in [0.15, 0.2) is 0 Å². The third kappa shape index (κ3) is 2.49. The fourth-order valence-corrected chi connectivity index (χ4v) is 1.52. The van der Waals surface area contributed by atoms with Crippen LogP contribution in [0.1, 0.15) is 12.8 Å². The number of nitriles is 1. The monoisotopic (exact) mass is 153 g/mol. The highest BCUT2D eigenvalue weighted by Gasteiger charge is 2.19. The van der Waals surface area contributed by atoms with Crippen LogP contribution in [0.3, 0.4) is 0 Å². The molecule has 0 aliphatic carbocycles. The summed E-state index contributed by atoms with van der Waals surface area (Å²) >= 11 is 0. The summed E-state index contributed by atoms with van der Waals surface area (Å²) < 4.78 is 0. The Bertz CT molecular complexity index is 150. The first-order valence-electron chi connectivity index (χ1n) is 4.16. The average Bonchev–Trinajstić information content (AvgIpc) is 2.48. The molecule has 1 aliphatic rings. The van der Waals surface area contributed by atoms with E-state index in [1.807, 2.05) is 0 Å². The smallest absolute Gasteiger partial charge is 0.0635 e. The molecule has 1 rings (SSSR count). The van der Waals surface area contributed by atoms with Gasteiger partial charge in [0.15, 0.2) is 0 Å². The van der Waals surface area contributed by atoms with Gasteiger partial charge >= 0.3 is 0 Å². The van der Waals surface area contributed by atoms with Gasteiger partial charge in [-0.05, 0) is 25.4 Å². The molecule has 0 aromatic carbocycles. The predicted molar refractivity (Wildman–Crippen MR) is 43.8 cm³/mol. The van der Waals surface area contributed by atoms with Crippen LogP contribution in [-0.4, -0.2) is 31.1 Å². The predicted octanol–water partition coefficient (Wildman–Crippen LogP) is 0.181. The van der Waals surface area contributed by atoms with Crippen molar-refractivity contribution in [2.45, 2.75) is 12.8 Å². The van der Waals surface area contributed by atoms with E-state index in [0.717, 1.165) is 26.2 Å². The Morgan fingerprint density at radius 2 is 2.45 bits per heavy atom. The second kappa shape index (κ2) is 4.32. The van der Waals surface area contributed by atoms with E-state index >= 15 is 0 Å². The molecule has 62 valence electrons.